The van der Waals surface area contributed by atoms with Gasteiger partial charge in [0.15, 0.2) is 6.10 Å². The maximum atomic E-state index is 11.5. The van der Waals surface area contributed by atoms with E-state index in [9.17, 15) is 9.59 Å². The number of ether oxygens (including phenoxy) is 2. The predicted molar refractivity (Wildman–Crippen MR) is 61.0 cm³/mol. The zero-order valence-corrected chi connectivity index (χ0v) is 10.5. The number of carbonyl (C=O) groups excluding carboxylic acids is 2. The van der Waals surface area contributed by atoms with Crippen molar-refractivity contribution >= 4 is 27.9 Å². The molecule has 0 unspecified atom stereocenters. The number of carbonyl (C=O) groups is 2. The Morgan fingerprint density at radius 2 is 1.81 bits per heavy atom. The van der Waals surface area contributed by atoms with E-state index in [2.05, 4.69) is 20.7 Å². The number of benzene rings is 1. The minimum atomic E-state index is -0.902. The SMILES string of the molecule is COC(=O)[C@H](C)OC(=O)c1ccc(Br)cc1. The monoisotopic (exact) mass is 286 g/mol. The Hall–Kier alpha value is -1.36. The first-order valence-corrected chi connectivity index (χ1v) is 5.38. The molecule has 0 aliphatic carbocycles. The van der Waals surface area contributed by atoms with Crippen LogP contribution in [0.5, 0.6) is 0 Å². The van der Waals surface area contributed by atoms with E-state index in [-0.39, 0.29) is 0 Å². The van der Waals surface area contributed by atoms with Gasteiger partial charge in [-0.3, -0.25) is 0 Å². The quantitative estimate of drug-likeness (QED) is 0.799. The average Bonchev–Trinajstić information content (AvgIpc) is 2.28. The molecule has 0 saturated carbocycles. The van der Waals surface area contributed by atoms with Gasteiger partial charge in [-0.15, -0.1) is 0 Å². The molecule has 0 N–H and O–H groups in total. The molecule has 0 amide bonds. The number of rotatable bonds is 3. The van der Waals surface area contributed by atoms with Gasteiger partial charge >= 0.3 is 11.9 Å². The van der Waals surface area contributed by atoms with Gasteiger partial charge in [0.25, 0.3) is 0 Å². The molecule has 0 saturated heterocycles. The molecule has 16 heavy (non-hydrogen) atoms. The molecule has 0 aliphatic heterocycles. The van der Waals surface area contributed by atoms with Crippen LogP contribution < -0.4 is 0 Å². The van der Waals surface area contributed by atoms with Crippen LogP contribution in [0.15, 0.2) is 28.7 Å². The van der Waals surface area contributed by atoms with Crippen LogP contribution in [0.4, 0.5) is 0 Å². The van der Waals surface area contributed by atoms with Crippen LogP contribution in [0.2, 0.25) is 0 Å². The highest BCUT2D eigenvalue weighted by Gasteiger charge is 2.18. The molecule has 0 aliphatic rings. The molecule has 1 atom stereocenters. The van der Waals surface area contributed by atoms with Crippen LogP contribution in [0.25, 0.3) is 0 Å². The molecule has 1 aromatic rings. The maximum absolute atomic E-state index is 11.5. The second-order valence-electron chi connectivity index (χ2n) is 3.08. The van der Waals surface area contributed by atoms with Gasteiger partial charge < -0.3 is 9.47 Å². The number of methoxy groups -OCH3 is 1. The Balaban J connectivity index is 2.65. The normalized spacial score (nSPS) is 11.7. The zero-order chi connectivity index (χ0) is 12.1. The maximum Gasteiger partial charge on any atom is 0.346 e. The second kappa shape index (κ2) is 5.65. The topological polar surface area (TPSA) is 52.6 Å². The summed E-state index contributed by atoms with van der Waals surface area (Å²) in [6.07, 6.45) is -0.902. The molecule has 86 valence electrons. The lowest BCUT2D eigenvalue weighted by molar-refractivity contribution is -0.149. The van der Waals surface area contributed by atoms with Crippen LogP contribution >= 0.6 is 15.9 Å². The molecule has 0 fully saturated rings. The molecule has 1 rings (SSSR count). The lowest BCUT2D eigenvalue weighted by Gasteiger charge is -2.10. The fourth-order valence-corrected chi connectivity index (χ4v) is 1.29. The van der Waals surface area contributed by atoms with Crippen molar-refractivity contribution in [1.29, 1.82) is 0 Å². The molecular formula is C11H11BrO4. The minimum absolute atomic E-state index is 0.388. The molecule has 0 aromatic heterocycles. The van der Waals surface area contributed by atoms with Crippen LogP contribution in [0.1, 0.15) is 17.3 Å². The van der Waals surface area contributed by atoms with Gasteiger partial charge in [0.05, 0.1) is 12.7 Å². The predicted octanol–water partition coefficient (Wildman–Crippen LogP) is 2.17. The minimum Gasteiger partial charge on any atom is -0.466 e. The van der Waals surface area contributed by atoms with Crippen molar-refractivity contribution in [2.75, 3.05) is 7.11 Å². The summed E-state index contributed by atoms with van der Waals surface area (Å²) in [7, 11) is 1.24. The number of halogens is 1. The Kier molecular flexibility index (Phi) is 4.49. The molecule has 0 bridgehead atoms. The van der Waals surface area contributed by atoms with Gasteiger partial charge in [0.1, 0.15) is 0 Å². The summed E-state index contributed by atoms with van der Waals surface area (Å²) in [5.41, 5.74) is 0.388. The fourth-order valence-electron chi connectivity index (χ4n) is 1.03. The third-order valence-electron chi connectivity index (χ3n) is 1.90. The highest BCUT2D eigenvalue weighted by Crippen LogP contribution is 2.12. The number of hydrogen-bond acceptors (Lipinski definition) is 4. The van der Waals surface area contributed by atoms with Gasteiger partial charge in [-0.2, -0.15) is 0 Å². The lowest BCUT2D eigenvalue weighted by Crippen LogP contribution is -2.25. The third kappa shape index (κ3) is 3.34. The van der Waals surface area contributed by atoms with Crippen LogP contribution in [0.3, 0.4) is 0 Å². The van der Waals surface area contributed by atoms with Crippen molar-refractivity contribution in [3.8, 4) is 0 Å². The Morgan fingerprint density at radius 1 is 1.25 bits per heavy atom. The van der Waals surface area contributed by atoms with Gasteiger partial charge in [-0.25, -0.2) is 9.59 Å². The number of hydrogen-bond donors (Lipinski definition) is 0. The van der Waals surface area contributed by atoms with E-state index in [0.29, 0.717) is 5.56 Å². The number of esters is 2. The lowest BCUT2D eigenvalue weighted by atomic mass is 10.2. The molecule has 5 heteroatoms. The van der Waals surface area contributed by atoms with Crippen molar-refractivity contribution in [2.24, 2.45) is 0 Å². The first kappa shape index (κ1) is 12.7. The molecule has 0 heterocycles. The summed E-state index contributed by atoms with van der Waals surface area (Å²) in [4.78, 5) is 22.6. The van der Waals surface area contributed by atoms with Gasteiger partial charge in [-0.05, 0) is 31.2 Å². The Morgan fingerprint density at radius 3 is 2.31 bits per heavy atom. The van der Waals surface area contributed by atoms with E-state index in [4.69, 9.17) is 4.74 Å². The smallest absolute Gasteiger partial charge is 0.346 e. The second-order valence-corrected chi connectivity index (χ2v) is 3.99. The highest BCUT2D eigenvalue weighted by molar-refractivity contribution is 9.10. The zero-order valence-electron chi connectivity index (χ0n) is 8.90. The van der Waals surface area contributed by atoms with E-state index in [1.807, 2.05) is 0 Å². The standard InChI is InChI=1S/C11H11BrO4/c1-7(10(13)15-2)16-11(14)8-3-5-9(12)6-4-8/h3-7H,1-2H3/t7-/m0/s1. The summed E-state index contributed by atoms with van der Waals surface area (Å²) in [6, 6.07) is 6.66. The fraction of sp³-hybridized carbons (Fsp3) is 0.273. The van der Waals surface area contributed by atoms with Gasteiger partial charge in [0.2, 0.25) is 0 Å². The highest BCUT2D eigenvalue weighted by atomic mass is 79.9. The van der Waals surface area contributed by atoms with Crippen molar-refractivity contribution in [3.63, 3.8) is 0 Å². The Labute approximate surface area is 102 Å². The van der Waals surface area contributed by atoms with E-state index >= 15 is 0 Å². The van der Waals surface area contributed by atoms with Gasteiger partial charge in [-0.1, -0.05) is 15.9 Å². The molecule has 4 nitrogen and oxygen atoms in total. The summed E-state index contributed by atoms with van der Waals surface area (Å²) < 4.78 is 10.2. The molecular weight excluding hydrogens is 276 g/mol. The molecule has 0 radical (unpaired) electrons. The first-order valence-electron chi connectivity index (χ1n) is 4.59. The average molecular weight is 287 g/mol. The van der Waals surface area contributed by atoms with Gasteiger partial charge in [0, 0.05) is 4.47 Å². The van der Waals surface area contributed by atoms with E-state index in [1.165, 1.54) is 14.0 Å². The summed E-state index contributed by atoms with van der Waals surface area (Å²) in [5, 5.41) is 0. The summed E-state index contributed by atoms with van der Waals surface area (Å²) in [5.74, 6) is -1.13. The van der Waals surface area contributed by atoms with Crippen LogP contribution in [0, 0.1) is 0 Å². The molecule has 1 aromatic carbocycles. The largest absolute Gasteiger partial charge is 0.466 e. The van der Waals surface area contributed by atoms with E-state index < -0.39 is 18.0 Å². The van der Waals surface area contributed by atoms with E-state index in [1.54, 1.807) is 24.3 Å². The van der Waals surface area contributed by atoms with E-state index in [0.717, 1.165) is 4.47 Å². The van der Waals surface area contributed by atoms with Crippen LogP contribution in [-0.4, -0.2) is 25.2 Å². The van der Waals surface area contributed by atoms with Crippen LogP contribution in [-0.2, 0) is 14.3 Å². The van der Waals surface area contributed by atoms with Crippen molar-refractivity contribution in [1.82, 2.24) is 0 Å². The summed E-state index contributed by atoms with van der Waals surface area (Å²) >= 11 is 3.25. The van der Waals surface area contributed by atoms with Crippen molar-refractivity contribution in [3.05, 3.63) is 34.3 Å². The summed E-state index contributed by atoms with van der Waals surface area (Å²) in [6.45, 7) is 1.46. The Bertz CT molecular complexity index is 385. The third-order valence-corrected chi connectivity index (χ3v) is 2.43. The molecule has 0 spiro atoms. The van der Waals surface area contributed by atoms with Crippen molar-refractivity contribution in [2.45, 2.75) is 13.0 Å². The van der Waals surface area contributed by atoms with Crippen molar-refractivity contribution < 1.29 is 19.1 Å². The first-order chi connectivity index (χ1) is 7.54.